The molecule has 1 aliphatic carbocycles. The van der Waals surface area contributed by atoms with Crippen LogP contribution in [0.3, 0.4) is 0 Å². The highest BCUT2D eigenvalue weighted by molar-refractivity contribution is 5.94. The number of carbonyl (C=O) groups excluding carboxylic acids is 2. The lowest BCUT2D eigenvalue weighted by atomic mass is 9.94. The second kappa shape index (κ2) is 8.13. The average molecular weight is 380 g/mol. The predicted octanol–water partition coefficient (Wildman–Crippen LogP) is 3.87. The van der Waals surface area contributed by atoms with Crippen LogP contribution in [-0.4, -0.2) is 40.7 Å². The Morgan fingerprint density at radius 2 is 1.57 bits per heavy atom. The molecule has 1 aliphatic heterocycles. The minimum Gasteiger partial charge on any atom is -0.339 e. The summed E-state index contributed by atoms with van der Waals surface area (Å²) < 4.78 is 13.1. The first-order valence-electron chi connectivity index (χ1n) is 10.0. The Balaban J connectivity index is 1.36. The van der Waals surface area contributed by atoms with E-state index >= 15 is 0 Å². The molecular weight excluding hydrogens is 355 g/mol. The van der Waals surface area contributed by atoms with Crippen LogP contribution in [0.4, 0.5) is 4.39 Å². The Kier molecular flexibility index (Phi) is 5.42. The topological polar surface area (TPSA) is 40.6 Å². The molecule has 146 valence electrons. The smallest absolute Gasteiger partial charge is 0.253 e. The monoisotopic (exact) mass is 380 g/mol. The summed E-state index contributed by atoms with van der Waals surface area (Å²) in [7, 11) is 0. The van der Waals surface area contributed by atoms with Crippen LogP contribution in [0.1, 0.15) is 41.6 Å². The van der Waals surface area contributed by atoms with Gasteiger partial charge in [-0.15, -0.1) is 0 Å². The van der Waals surface area contributed by atoms with E-state index < -0.39 is 0 Å². The predicted molar refractivity (Wildman–Crippen MR) is 105 cm³/mol. The van der Waals surface area contributed by atoms with Crippen molar-refractivity contribution in [2.75, 3.05) is 13.1 Å². The Labute approximate surface area is 164 Å². The summed E-state index contributed by atoms with van der Waals surface area (Å²) in [6, 6.07) is 16.1. The average Bonchev–Trinajstić information content (AvgIpc) is 3.58. The van der Waals surface area contributed by atoms with Crippen LogP contribution < -0.4 is 0 Å². The van der Waals surface area contributed by atoms with Gasteiger partial charge >= 0.3 is 0 Å². The maximum Gasteiger partial charge on any atom is 0.253 e. The molecule has 2 aromatic rings. The van der Waals surface area contributed by atoms with Gasteiger partial charge < -0.3 is 9.80 Å². The number of halogens is 1. The molecule has 28 heavy (non-hydrogen) atoms. The van der Waals surface area contributed by atoms with Crippen LogP contribution >= 0.6 is 0 Å². The van der Waals surface area contributed by atoms with Crippen molar-refractivity contribution in [3.8, 4) is 0 Å². The largest absolute Gasteiger partial charge is 0.339 e. The lowest BCUT2D eigenvalue weighted by Crippen LogP contribution is -2.44. The quantitative estimate of drug-likeness (QED) is 0.790. The molecule has 2 amide bonds. The van der Waals surface area contributed by atoms with Crippen LogP contribution in [0.5, 0.6) is 0 Å². The van der Waals surface area contributed by atoms with E-state index in [4.69, 9.17) is 0 Å². The Morgan fingerprint density at radius 3 is 2.18 bits per heavy atom. The molecule has 2 fully saturated rings. The second-order valence-electron chi connectivity index (χ2n) is 7.76. The van der Waals surface area contributed by atoms with E-state index in [-0.39, 0.29) is 23.5 Å². The molecule has 0 spiro atoms. The highest BCUT2D eigenvalue weighted by Crippen LogP contribution is 2.32. The van der Waals surface area contributed by atoms with Crippen molar-refractivity contribution in [1.29, 1.82) is 0 Å². The van der Waals surface area contributed by atoms with E-state index in [9.17, 15) is 14.0 Å². The van der Waals surface area contributed by atoms with Crippen molar-refractivity contribution in [1.82, 2.24) is 9.80 Å². The van der Waals surface area contributed by atoms with E-state index in [1.54, 1.807) is 4.90 Å². The van der Waals surface area contributed by atoms with E-state index in [0.29, 0.717) is 44.1 Å². The molecule has 0 atom stereocenters. The van der Waals surface area contributed by atoms with Gasteiger partial charge in [-0.1, -0.05) is 30.3 Å². The molecule has 0 radical (unpaired) electrons. The summed E-state index contributed by atoms with van der Waals surface area (Å²) >= 11 is 0. The zero-order valence-electron chi connectivity index (χ0n) is 15.9. The van der Waals surface area contributed by atoms with Gasteiger partial charge in [0, 0.05) is 37.2 Å². The summed E-state index contributed by atoms with van der Waals surface area (Å²) in [5.41, 5.74) is 1.65. The highest BCUT2D eigenvalue weighted by atomic mass is 19.1. The molecule has 2 aliphatic rings. The summed E-state index contributed by atoms with van der Waals surface area (Å²) in [5, 5.41) is 0. The van der Waals surface area contributed by atoms with Crippen LogP contribution in [0.2, 0.25) is 0 Å². The van der Waals surface area contributed by atoms with Crippen LogP contribution in [0.15, 0.2) is 54.6 Å². The minimum atomic E-state index is -0.348. The zero-order chi connectivity index (χ0) is 19.5. The van der Waals surface area contributed by atoms with E-state index in [1.165, 1.54) is 24.3 Å². The molecular formula is C23H25FN2O2. The van der Waals surface area contributed by atoms with Crippen LogP contribution in [0.25, 0.3) is 0 Å². The first kappa shape index (κ1) is 18.7. The summed E-state index contributed by atoms with van der Waals surface area (Å²) in [6.07, 6.45) is 3.54. The molecule has 2 aromatic carbocycles. The van der Waals surface area contributed by atoms with Gasteiger partial charge in [0.1, 0.15) is 5.82 Å². The number of likely N-dealkylation sites (tertiary alicyclic amines) is 1. The molecule has 4 rings (SSSR count). The maximum absolute atomic E-state index is 13.1. The van der Waals surface area contributed by atoms with Gasteiger partial charge in [0.15, 0.2) is 0 Å². The zero-order valence-corrected chi connectivity index (χ0v) is 15.9. The third-order valence-corrected chi connectivity index (χ3v) is 5.69. The van der Waals surface area contributed by atoms with E-state index in [0.717, 1.165) is 18.4 Å². The number of amides is 2. The SMILES string of the molecule is O=C(c1ccc(F)cc1)N1CCC(C(=O)N(Cc2ccccc2)C2CC2)CC1. The van der Waals surface area contributed by atoms with Crippen molar-refractivity contribution in [2.45, 2.75) is 38.3 Å². The molecule has 4 nitrogen and oxygen atoms in total. The number of piperidine rings is 1. The van der Waals surface area contributed by atoms with Gasteiger partial charge in [-0.25, -0.2) is 4.39 Å². The lowest BCUT2D eigenvalue weighted by Gasteiger charge is -2.34. The number of rotatable bonds is 5. The molecule has 5 heteroatoms. The Morgan fingerprint density at radius 1 is 0.929 bits per heavy atom. The number of benzene rings is 2. The minimum absolute atomic E-state index is 0.0263. The standard InChI is InChI=1S/C23H25FN2O2/c24-20-8-6-18(7-9-20)22(27)25-14-12-19(13-15-25)23(28)26(21-10-11-21)16-17-4-2-1-3-5-17/h1-9,19,21H,10-16H2. The summed E-state index contributed by atoms with van der Waals surface area (Å²) in [5.74, 6) is -0.240. The van der Waals surface area contributed by atoms with Gasteiger partial charge in [0.25, 0.3) is 5.91 Å². The fourth-order valence-corrected chi connectivity index (χ4v) is 3.89. The number of hydrogen-bond donors (Lipinski definition) is 0. The lowest BCUT2D eigenvalue weighted by molar-refractivity contribution is -0.138. The number of hydrogen-bond acceptors (Lipinski definition) is 2. The second-order valence-corrected chi connectivity index (χ2v) is 7.76. The third kappa shape index (κ3) is 4.24. The normalized spacial score (nSPS) is 17.4. The molecule has 0 N–H and O–H groups in total. The molecule has 1 saturated carbocycles. The van der Waals surface area contributed by atoms with Crippen molar-refractivity contribution < 1.29 is 14.0 Å². The van der Waals surface area contributed by atoms with Gasteiger partial charge in [-0.05, 0) is 55.5 Å². The first-order chi connectivity index (χ1) is 13.6. The Hall–Kier alpha value is -2.69. The number of carbonyl (C=O) groups is 2. The van der Waals surface area contributed by atoms with Crippen molar-refractivity contribution in [2.24, 2.45) is 5.92 Å². The van der Waals surface area contributed by atoms with Crippen molar-refractivity contribution >= 4 is 11.8 Å². The summed E-state index contributed by atoms with van der Waals surface area (Å²) in [4.78, 5) is 29.6. The van der Waals surface area contributed by atoms with Gasteiger partial charge in [-0.3, -0.25) is 9.59 Å². The van der Waals surface area contributed by atoms with E-state index in [1.807, 2.05) is 23.1 Å². The van der Waals surface area contributed by atoms with Crippen molar-refractivity contribution in [3.63, 3.8) is 0 Å². The van der Waals surface area contributed by atoms with Gasteiger partial charge in [-0.2, -0.15) is 0 Å². The third-order valence-electron chi connectivity index (χ3n) is 5.69. The van der Waals surface area contributed by atoms with Gasteiger partial charge in [0.05, 0.1) is 0 Å². The first-order valence-corrected chi connectivity index (χ1v) is 10.0. The molecule has 1 heterocycles. The molecule has 0 bridgehead atoms. The van der Waals surface area contributed by atoms with Crippen LogP contribution in [-0.2, 0) is 11.3 Å². The van der Waals surface area contributed by atoms with Crippen molar-refractivity contribution in [3.05, 3.63) is 71.5 Å². The molecule has 0 aromatic heterocycles. The molecule has 1 saturated heterocycles. The Bertz CT molecular complexity index is 825. The molecule has 0 unspecified atom stereocenters. The highest BCUT2D eigenvalue weighted by Gasteiger charge is 2.37. The summed E-state index contributed by atoms with van der Waals surface area (Å²) in [6.45, 7) is 1.80. The van der Waals surface area contributed by atoms with Gasteiger partial charge in [0.2, 0.25) is 5.91 Å². The fourth-order valence-electron chi connectivity index (χ4n) is 3.89. The number of nitrogens with zero attached hydrogens (tertiary/aromatic N) is 2. The maximum atomic E-state index is 13.1. The van der Waals surface area contributed by atoms with Crippen LogP contribution in [0, 0.1) is 11.7 Å². The van der Waals surface area contributed by atoms with E-state index in [2.05, 4.69) is 12.1 Å². The fraction of sp³-hybridized carbons (Fsp3) is 0.391.